The third kappa shape index (κ3) is 2.67. The van der Waals surface area contributed by atoms with Gasteiger partial charge in [0.2, 0.25) is 0 Å². The lowest BCUT2D eigenvalue weighted by molar-refractivity contribution is 0.0695. The van der Waals surface area contributed by atoms with Crippen LogP contribution in [0.5, 0.6) is 0 Å². The van der Waals surface area contributed by atoms with Gasteiger partial charge in [0.15, 0.2) is 0 Å². The number of carboxylic acids is 1. The summed E-state index contributed by atoms with van der Waals surface area (Å²) in [4.78, 5) is 38.4. The molecule has 0 radical (unpaired) electrons. The first-order chi connectivity index (χ1) is 12.8. The molecule has 134 valence electrons. The molecule has 1 aliphatic heterocycles. The Labute approximate surface area is 166 Å². The van der Waals surface area contributed by atoms with Crippen LogP contribution in [-0.2, 0) is 0 Å². The molecule has 0 aromatic heterocycles. The number of nitrogens with zero attached hydrogens (tertiary/aromatic N) is 1. The number of aromatic carboxylic acids is 1. The minimum Gasteiger partial charge on any atom is -0.478 e. The van der Waals surface area contributed by atoms with Gasteiger partial charge in [0, 0.05) is 15.5 Å². The molecule has 0 spiro atoms. The first-order valence-corrected chi connectivity index (χ1v) is 8.89. The van der Waals surface area contributed by atoms with Crippen LogP contribution in [0, 0.1) is 0 Å². The SMILES string of the molecule is Nc1cc2c3c(cc(Br)cc3c1)C(=O)N(c1cc(C(=O)O)ccc1Cl)C2=O. The van der Waals surface area contributed by atoms with Crippen molar-refractivity contribution in [3.63, 3.8) is 0 Å². The number of anilines is 2. The fraction of sp³-hybridized carbons (Fsp3) is 0. The summed E-state index contributed by atoms with van der Waals surface area (Å²) < 4.78 is 0.648. The van der Waals surface area contributed by atoms with Gasteiger partial charge in [-0.05, 0) is 47.9 Å². The summed E-state index contributed by atoms with van der Waals surface area (Å²) in [5.74, 6) is -2.40. The minimum absolute atomic E-state index is 0.00719. The van der Waals surface area contributed by atoms with Crippen LogP contribution < -0.4 is 10.6 Å². The number of carbonyl (C=O) groups excluding carboxylic acids is 2. The number of rotatable bonds is 2. The molecular formula is C19H10BrClN2O4. The van der Waals surface area contributed by atoms with Crippen molar-refractivity contribution in [2.45, 2.75) is 0 Å². The van der Waals surface area contributed by atoms with Gasteiger partial charge in [-0.1, -0.05) is 27.5 Å². The second-order valence-electron chi connectivity index (χ2n) is 6.04. The second-order valence-corrected chi connectivity index (χ2v) is 7.36. The van der Waals surface area contributed by atoms with Crippen molar-refractivity contribution in [1.82, 2.24) is 0 Å². The molecule has 4 rings (SSSR count). The number of nitrogen functional groups attached to an aromatic ring is 1. The maximum absolute atomic E-state index is 13.1. The van der Waals surface area contributed by atoms with E-state index in [1.807, 2.05) is 0 Å². The molecule has 0 saturated heterocycles. The van der Waals surface area contributed by atoms with Gasteiger partial charge >= 0.3 is 5.97 Å². The zero-order valence-electron chi connectivity index (χ0n) is 13.5. The molecule has 2 amide bonds. The number of benzene rings is 3. The van der Waals surface area contributed by atoms with Gasteiger partial charge in [0.25, 0.3) is 11.8 Å². The normalized spacial score (nSPS) is 13.3. The molecule has 3 aromatic rings. The summed E-state index contributed by atoms with van der Waals surface area (Å²) in [6, 6.07) is 10.4. The molecular weight excluding hydrogens is 436 g/mol. The fourth-order valence-corrected chi connectivity index (χ4v) is 3.89. The molecule has 0 bridgehead atoms. The monoisotopic (exact) mass is 444 g/mol. The molecule has 0 saturated carbocycles. The van der Waals surface area contributed by atoms with Gasteiger partial charge in [-0.15, -0.1) is 0 Å². The predicted molar refractivity (Wildman–Crippen MR) is 106 cm³/mol. The van der Waals surface area contributed by atoms with Crippen molar-refractivity contribution in [3.8, 4) is 0 Å². The van der Waals surface area contributed by atoms with Crippen LogP contribution in [-0.4, -0.2) is 22.9 Å². The van der Waals surface area contributed by atoms with E-state index in [9.17, 15) is 19.5 Å². The lowest BCUT2D eigenvalue weighted by atomic mass is 9.93. The van der Waals surface area contributed by atoms with Gasteiger partial charge in [0.05, 0.1) is 27.4 Å². The van der Waals surface area contributed by atoms with Crippen molar-refractivity contribution >= 4 is 67.5 Å². The highest BCUT2D eigenvalue weighted by molar-refractivity contribution is 9.10. The molecule has 3 N–H and O–H groups in total. The number of imide groups is 1. The lowest BCUT2D eigenvalue weighted by Gasteiger charge is -2.28. The average Bonchev–Trinajstić information content (AvgIpc) is 2.60. The zero-order valence-corrected chi connectivity index (χ0v) is 15.8. The second kappa shape index (κ2) is 6.07. The third-order valence-corrected chi connectivity index (χ3v) is 5.11. The summed E-state index contributed by atoms with van der Waals surface area (Å²) >= 11 is 9.55. The molecule has 6 nitrogen and oxygen atoms in total. The number of nitrogens with two attached hydrogens (primary N) is 1. The first kappa shape index (κ1) is 17.5. The average molecular weight is 446 g/mol. The Hall–Kier alpha value is -2.90. The van der Waals surface area contributed by atoms with E-state index < -0.39 is 17.8 Å². The lowest BCUT2D eigenvalue weighted by Crippen LogP contribution is -2.40. The maximum atomic E-state index is 13.1. The van der Waals surface area contributed by atoms with E-state index in [1.165, 1.54) is 24.3 Å². The van der Waals surface area contributed by atoms with Crippen LogP contribution in [0.25, 0.3) is 10.8 Å². The van der Waals surface area contributed by atoms with Crippen molar-refractivity contribution in [1.29, 1.82) is 0 Å². The van der Waals surface area contributed by atoms with E-state index in [-0.39, 0.29) is 21.8 Å². The molecule has 0 unspecified atom stereocenters. The highest BCUT2D eigenvalue weighted by Gasteiger charge is 2.36. The van der Waals surface area contributed by atoms with Gasteiger partial charge in [-0.2, -0.15) is 0 Å². The Morgan fingerprint density at radius 2 is 1.70 bits per heavy atom. The molecule has 27 heavy (non-hydrogen) atoms. The Morgan fingerprint density at radius 1 is 1.04 bits per heavy atom. The van der Waals surface area contributed by atoms with Crippen LogP contribution in [0.1, 0.15) is 31.1 Å². The summed E-state index contributed by atoms with van der Waals surface area (Å²) in [6.07, 6.45) is 0. The van der Waals surface area contributed by atoms with Gasteiger partial charge < -0.3 is 10.8 Å². The molecule has 1 aliphatic rings. The standard InChI is InChI=1S/C19H10BrClN2O4/c20-10-3-9-4-11(22)7-13-16(9)12(6-10)17(24)23(18(13)25)15-5-8(19(26)27)1-2-14(15)21/h1-7H,22H2,(H,26,27). The van der Waals surface area contributed by atoms with Crippen LogP contribution in [0.4, 0.5) is 11.4 Å². The van der Waals surface area contributed by atoms with E-state index in [0.29, 0.717) is 26.5 Å². The maximum Gasteiger partial charge on any atom is 0.335 e. The fourth-order valence-electron chi connectivity index (χ4n) is 3.21. The van der Waals surface area contributed by atoms with E-state index >= 15 is 0 Å². The number of hydrogen-bond donors (Lipinski definition) is 2. The van der Waals surface area contributed by atoms with Crippen molar-refractivity contribution in [3.05, 3.63) is 68.7 Å². The van der Waals surface area contributed by atoms with Crippen LogP contribution in [0.2, 0.25) is 5.02 Å². The number of halogens is 2. The summed E-state index contributed by atoms with van der Waals surface area (Å²) in [5.41, 5.74) is 6.76. The highest BCUT2D eigenvalue weighted by Crippen LogP contribution is 2.38. The molecule has 0 atom stereocenters. The van der Waals surface area contributed by atoms with Gasteiger partial charge in [-0.3, -0.25) is 9.59 Å². The van der Waals surface area contributed by atoms with E-state index in [2.05, 4.69) is 15.9 Å². The Balaban J connectivity index is 2.02. The third-order valence-electron chi connectivity index (χ3n) is 4.34. The molecule has 0 fully saturated rings. The van der Waals surface area contributed by atoms with Crippen molar-refractivity contribution in [2.24, 2.45) is 0 Å². The number of amides is 2. The topological polar surface area (TPSA) is 101 Å². The molecule has 3 aromatic carbocycles. The van der Waals surface area contributed by atoms with Crippen molar-refractivity contribution < 1.29 is 19.5 Å². The Bertz CT molecular complexity index is 1140. The van der Waals surface area contributed by atoms with E-state index in [0.717, 1.165) is 4.90 Å². The minimum atomic E-state index is -1.20. The van der Waals surface area contributed by atoms with Gasteiger partial charge in [-0.25, -0.2) is 9.69 Å². The zero-order chi connectivity index (χ0) is 19.5. The van der Waals surface area contributed by atoms with Crippen LogP contribution >= 0.6 is 27.5 Å². The Morgan fingerprint density at radius 3 is 2.37 bits per heavy atom. The molecule has 1 heterocycles. The summed E-state index contributed by atoms with van der Waals surface area (Å²) in [5, 5.41) is 10.5. The first-order valence-electron chi connectivity index (χ1n) is 7.72. The van der Waals surface area contributed by atoms with Crippen LogP contribution in [0.3, 0.4) is 0 Å². The largest absolute Gasteiger partial charge is 0.478 e. The summed E-state index contributed by atoms with van der Waals surface area (Å²) in [6.45, 7) is 0. The quantitative estimate of drug-likeness (QED) is 0.451. The Kier molecular flexibility index (Phi) is 3.94. The van der Waals surface area contributed by atoms with Crippen molar-refractivity contribution in [2.75, 3.05) is 10.6 Å². The highest BCUT2D eigenvalue weighted by atomic mass is 79.9. The van der Waals surface area contributed by atoms with E-state index in [1.54, 1.807) is 18.2 Å². The smallest absolute Gasteiger partial charge is 0.335 e. The molecule has 8 heteroatoms. The van der Waals surface area contributed by atoms with Crippen LogP contribution in [0.15, 0.2) is 46.9 Å². The number of hydrogen-bond acceptors (Lipinski definition) is 4. The number of carboxylic acid groups (broad SMARTS) is 1. The van der Waals surface area contributed by atoms with Gasteiger partial charge in [0.1, 0.15) is 0 Å². The summed E-state index contributed by atoms with van der Waals surface area (Å²) in [7, 11) is 0. The van der Waals surface area contributed by atoms with E-state index in [4.69, 9.17) is 17.3 Å². The predicted octanol–water partition coefficient (Wildman–Crippen LogP) is 4.34. The molecule has 0 aliphatic carbocycles. The number of carbonyl (C=O) groups is 3.